The molecule has 0 aliphatic heterocycles. The van der Waals surface area contributed by atoms with Gasteiger partial charge < -0.3 is 9.47 Å². The van der Waals surface area contributed by atoms with Crippen LogP contribution in [0.25, 0.3) is 0 Å². The van der Waals surface area contributed by atoms with E-state index in [1.165, 1.54) is 7.11 Å². The van der Waals surface area contributed by atoms with Gasteiger partial charge in [0.25, 0.3) is 0 Å². The highest BCUT2D eigenvalue weighted by Gasteiger charge is 2.19. The Morgan fingerprint density at radius 2 is 1.76 bits per heavy atom. The van der Waals surface area contributed by atoms with Gasteiger partial charge in [0.1, 0.15) is 0 Å². The van der Waals surface area contributed by atoms with Crippen LogP contribution in [0.2, 0.25) is 0 Å². The SMILES string of the molecule is C=CC(=O)Oc1cccc(C(=O)c2ccccc2)c1OC. The first kappa shape index (κ1) is 14.5. The number of ketones is 1. The van der Waals surface area contributed by atoms with Gasteiger partial charge in [0.05, 0.1) is 12.7 Å². The van der Waals surface area contributed by atoms with Crippen LogP contribution in [-0.4, -0.2) is 18.9 Å². The van der Waals surface area contributed by atoms with Gasteiger partial charge in [-0.25, -0.2) is 4.79 Å². The van der Waals surface area contributed by atoms with Crippen molar-refractivity contribution in [2.75, 3.05) is 7.11 Å². The quantitative estimate of drug-likeness (QED) is 0.366. The third-order valence-corrected chi connectivity index (χ3v) is 2.84. The third-order valence-electron chi connectivity index (χ3n) is 2.84. The van der Waals surface area contributed by atoms with Crippen molar-refractivity contribution in [3.63, 3.8) is 0 Å². The number of esters is 1. The van der Waals surface area contributed by atoms with Crippen LogP contribution in [0.3, 0.4) is 0 Å². The molecule has 2 aromatic carbocycles. The Morgan fingerprint density at radius 1 is 1.05 bits per heavy atom. The molecule has 0 radical (unpaired) electrons. The van der Waals surface area contributed by atoms with E-state index in [4.69, 9.17) is 9.47 Å². The molecule has 0 amide bonds. The Labute approximate surface area is 122 Å². The summed E-state index contributed by atoms with van der Waals surface area (Å²) in [4.78, 5) is 23.8. The first-order valence-corrected chi connectivity index (χ1v) is 6.28. The summed E-state index contributed by atoms with van der Waals surface area (Å²) in [6.07, 6.45) is 1.05. The molecule has 4 heteroatoms. The maximum atomic E-state index is 12.5. The minimum Gasteiger partial charge on any atom is -0.492 e. The summed E-state index contributed by atoms with van der Waals surface area (Å²) in [5.74, 6) is -0.410. The standard InChI is InChI=1S/C17H14O4/c1-3-15(18)21-14-11-7-10-13(17(14)20-2)16(19)12-8-5-4-6-9-12/h3-11H,1H2,2H3. The fourth-order valence-electron chi connectivity index (χ4n) is 1.88. The summed E-state index contributed by atoms with van der Waals surface area (Å²) in [5.41, 5.74) is 0.862. The normalized spacial score (nSPS) is 9.76. The molecule has 0 spiro atoms. The Bertz CT molecular complexity index is 674. The van der Waals surface area contributed by atoms with E-state index in [-0.39, 0.29) is 17.3 Å². The Hall–Kier alpha value is -2.88. The van der Waals surface area contributed by atoms with Crippen molar-refractivity contribution in [3.05, 3.63) is 72.3 Å². The molecule has 21 heavy (non-hydrogen) atoms. The number of ether oxygens (including phenoxy) is 2. The van der Waals surface area contributed by atoms with Crippen LogP contribution in [0.1, 0.15) is 15.9 Å². The van der Waals surface area contributed by atoms with Crippen molar-refractivity contribution in [3.8, 4) is 11.5 Å². The molecule has 0 N–H and O–H groups in total. The van der Waals surface area contributed by atoms with Crippen molar-refractivity contribution in [1.29, 1.82) is 0 Å². The lowest BCUT2D eigenvalue weighted by Gasteiger charge is -2.12. The molecule has 0 saturated carbocycles. The molecule has 4 nitrogen and oxygen atoms in total. The second-order valence-corrected chi connectivity index (χ2v) is 4.16. The highest BCUT2D eigenvalue weighted by molar-refractivity contribution is 6.11. The first-order chi connectivity index (χ1) is 10.2. The summed E-state index contributed by atoms with van der Waals surface area (Å²) in [7, 11) is 1.42. The van der Waals surface area contributed by atoms with Gasteiger partial charge in [0.2, 0.25) is 0 Å². The van der Waals surface area contributed by atoms with Gasteiger partial charge in [-0.15, -0.1) is 0 Å². The molecule has 2 rings (SSSR count). The van der Waals surface area contributed by atoms with E-state index in [2.05, 4.69) is 6.58 Å². The second-order valence-electron chi connectivity index (χ2n) is 4.16. The topological polar surface area (TPSA) is 52.6 Å². The Morgan fingerprint density at radius 3 is 2.38 bits per heavy atom. The Kier molecular flexibility index (Phi) is 4.51. The number of methoxy groups -OCH3 is 1. The van der Waals surface area contributed by atoms with E-state index in [0.29, 0.717) is 11.1 Å². The van der Waals surface area contributed by atoms with E-state index >= 15 is 0 Å². The van der Waals surface area contributed by atoms with Gasteiger partial charge in [-0.3, -0.25) is 4.79 Å². The third kappa shape index (κ3) is 3.17. The number of carbonyl (C=O) groups excluding carboxylic acids is 2. The second kappa shape index (κ2) is 6.52. The van der Waals surface area contributed by atoms with Crippen molar-refractivity contribution in [2.45, 2.75) is 0 Å². The molecule has 106 valence electrons. The van der Waals surface area contributed by atoms with Crippen LogP contribution >= 0.6 is 0 Å². The zero-order valence-corrected chi connectivity index (χ0v) is 11.5. The monoisotopic (exact) mass is 282 g/mol. The van der Waals surface area contributed by atoms with Crippen molar-refractivity contribution in [1.82, 2.24) is 0 Å². The summed E-state index contributed by atoms with van der Waals surface area (Å²) >= 11 is 0. The van der Waals surface area contributed by atoms with Crippen LogP contribution in [-0.2, 0) is 4.79 Å². The van der Waals surface area contributed by atoms with E-state index in [1.807, 2.05) is 6.07 Å². The Balaban J connectivity index is 2.44. The van der Waals surface area contributed by atoms with E-state index < -0.39 is 5.97 Å². The molecule has 0 saturated heterocycles. The van der Waals surface area contributed by atoms with Crippen LogP contribution < -0.4 is 9.47 Å². The van der Waals surface area contributed by atoms with Crippen molar-refractivity contribution >= 4 is 11.8 Å². The maximum absolute atomic E-state index is 12.5. The molecular formula is C17H14O4. The lowest BCUT2D eigenvalue weighted by atomic mass is 10.0. The van der Waals surface area contributed by atoms with Crippen molar-refractivity contribution < 1.29 is 19.1 Å². The summed E-state index contributed by atoms with van der Waals surface area (Å²) in [5, 5.41) is 0. The van der Waals surface area contributed by atoms with Crippen molar-refractivity contribution in [2.24, 2.45) is 0 Å². The lowest BCUT2D eigenvalue weighted by Crippen LogP contribution is -2.08. The van der Waals surface area contributed by atoms with E-state index in [1.54, 1.807) is 42.5 Å². The summed E-state index contributed by atoms with van der Waals surface area (Å²) in [6.45, 7) is 3.34. The highest BCUT2D eigenvalue weighted by Crippen LogP contribution is 2.32. The molecule has 0 atom stereocenters. The van der Waals surface area contributed by atoms with Gasteiger partial charge in [-0.1, -0.05) is 43.0 Å². The number of hydrogen-bond acceptors (Lipinski definition) is 4. The van der Waals surface area contributed by atoms with Crippen LogP contribution in [0.4, 0.5) is 0 Å². The first-order valence-electron chi connectivity index (χ1n) is 6.28. The van der Waals surface area contributed by atoms with Gasteiger partial charge in [-0.2, -0.15) is 0 Å². The van der Waals surface area contributed by atoms with Crippen LogP contribution in [0.15, 0.2) is 61.2 Å². The number of para-hydroxylation sites is 1. The average molecular weight is 282 g/mol. The molecule has 0 aliphatic rings. The number of hydrogen-bond donors (Lipinski definition) is 0. The summed E-state index contributed by atoms with van der Waals surface area (Å²) < 4.78 is 10.3. The fraction of sp³-hybridized carbons (Fsp3) is 0.0588. The van der Waals surface area contributed by atoms with Gasteiger partial charge in [0.15, 0.2) is 17.3 Å². The predicted molar refractivity (Wildman–Crippen MR) is 78.7 cm³/mol. The van der Waals surface area contributed by atoms with Crippen LogP contribution in [0, 0.1) is 0 Å². The number of carbonyl (C=O) groups is 2. The minimum absolute atomic E-state index is 0.184. The zero-order valence-electron chi connectivity index (χ0n) is 11.5. The fourth-order valence-corrected chi connectivity index (χ4v) is 1.88. The molecule has 0 fully saturated rings. The number of benzene rings is 2. The van der Waals surface area contributed by atoms with Gasteiger partial charge >= 0.3 is 5.97 Å². The molecule has 0 aliphatic carbocycles. The van der Waals surface area contributed by atoms with E-state index in [9.17, 15) is 9.59 Å². The highest BCUT2D eigenvalue weighted by atomic mass is 16.6. The molecule has 0 unspecified atom stereocenters. The van der Waals surface area contributed by atoms with Crippen LogP contribution in [0.5, 0.6) is 11.5 Å². The van der Waals surface area contributed by atoms with Gasteiger partial charge in [0, 0.05) is 11.6 Å². The molecule has 2 aromatic rings. The molecule has 0 aromatic heterocycles. The number of rotatable bonds is 5. The lowest BCUT2D eigenvalue weighted by molar-refractivity contribution is -0.129. The smallest absolute Gasteiger partial charge is 0.335 e. The zero-order chi connectivity index (χ0) is 15.2. The molecular weight excluding hydrogens is 268 g/mol. The predicted octanol–water partition coefficient (Wildman–Crippen LogP) is 3.02. The maximum Gasteiger partial charge on any atom is 0.335 e. The average Bonchev–Trinajstić information content (AvgIpc) is 2.54. The minimum atomic E-state index is -0.613. The molecule has 0 heterocycles. The molecule has 0 bridgehead atoms. The van der Waals surface area contributed by atoms with E-state index in [0.717, 1.165) is 6.08 Å². The largest absolute Gasteiger partial charge is 0.492 e. The van der Waals surface area contributed by atoms with Gasteiger partial charge in [-0.05, 0) is 12.1 Å². The summed E-state index contributed by atoms with van der Waals surface area (Å²) in [6, 6.07) is 13.6.